The number of halogens is 1. The van der Waals surface area contributed by atoms with Gasteiger partial charge in [0.25, 0.3) is 0 Å². The summed E-state index contributed by atoms with van der Waals surface area (Å²) >= 11 is 0. The highest BCUT2D eigenvalue weighted by Gasteiger charge is 2.38. The summed E-state index contributed by atoms with van der Waals surface area (Å²) in [7, 11) is 3.86. The molecule has 5 heteroatoms. The number of nitrogens with one attached hydrogen (secondary N) is 1. The molecule has 4 nitrogen and oxygen atoms in total. The zero-order valence-electron chi connectivity index (χ0n) is 13.7. The smallest absolute Gasteiger partial charge is 0.244 e. The van der Waals surface area contributed by atoms with E-state index in [4.69, 9.17) is 4.74 Å². The van der Waals surface area contributed by atoms with Gasteiger partial charge in [-0.1, -0.05) is 12.1 Å². The summed E-state index contributed by atoms with van der Waals surface area (Å²) in [6.45, 7) is 0. The number of amides is 1. The highest BCUT2D eigenvalue weighted by molar-refractivity contribution is 5.91. The molecule has 0 radical (unpaired) electrons. The Morgan fingerprint density at radius 2 is 1.83 bits per heavy atom. The molecule has 3 rings (SSSR count). The Morgan fingerprint density at radius 3 is 2.39 bits per heavy atom. The predicted octanol–water partition coefficient (Wildman–Crippen LogP) is 2.87. The summed E-state index contributed by atoms with van der Waals surface area (Å²) in [4.78, 5) is 14.6. The van der Waals surface area contributed by atoms with Gasteiger partial charge in [0.05, 0.1) is 7.11 Å². The molecule has 2 bridgehead atoms. The number of fused-ring (bicyclic) bond motifs is 2. The molecule has 0 aliphatic carbocycles. The molecule has 2 fully saturated rings. The van der Waals surface area contributed by atoms with E-state index in [2.05, 4.69) is 17.3 Å². The van der Waals surface area contributed by atoms with Crippen LogP contribution in [0.5, 0.6) is 5.75 Å². The number of rotatable bonds is 4. The van der Waals surface area contributed by atoms with Gasteiger partial charge in [-0.25, -0.2) is 0 Å². The summed E-state index contributed by atoms with van der Waals surface area (Å²) in [6.07, 6.45) is 8.18. The molecule has 1 aromatic rings. The summed E-state index contributed by atoms with van der Waals surface area (Å²) in [5.41, 5.74) is 0.999. The van der Waals surface area contributed by atoms with Crippen LogP contribution in [-0.2, 0) is 4.79 Å². The van der Waals surface area contributed by atoms with Crippen LogP contribution in [0.2, 0.25) is 0 Å². The average Bonchev–Trinajstić information content (AvgIpc) is 2.75. The Balaban J connectivity index is 0.00000192. The lowest BCUT2D eigenvalue weighted by Gasteiger charge is -2.36. The molecule has 2 atom stereocenters. The van der Waals surface area contributed by atoms with E-state index < -0.39 is 0 Å². The standard InChI is InChI=1S/C18H24N2O2.ClH/c1-20-15-6-7-16(20)12-14(11-15)19-18(21)10-5-13-3-8-17(22-2)9-4-13;/h3-5,8-10,14-16H,6-7,11-12H2,1-2H3,(H,19,21);1H/b10-5+;. The van der Waals surface area contributed by atoms with Crippen molar-refractivity contribution >= 4 is 24.4 Å². The van der Waals surface area contributed by atoms with E-state index in [1.54, 1.807) is 13.2 Å². The molecule has 1 N–H and O–H groups in total. The van der Waals surface area contributed by atoms with Crippen molar-refractivity contribution in [3.63, 3.8) is 0 Å². The molecule has 0 spiro atoms. The Labute approximate surface area is 144 Å². The van der Waals surface area contributed by atoms with Gasteiger partial charge < -0.3 is 15.0 Å². The molecule has 1 aromatic carbocycles. The minimum Gasteiger partial charge on any atom is -0.497 e. The third-order valence-electron chi connectivity index (χ3n) is 4.99. The lowest BCUT2D eigenvalue weighted by Crippen LogP contribution is -2.48. The molecule has 0 aromatic heterocycles. The number of ether oxygens (including phenoxy) is 1. The van der Waals surface area contributed by atoms with Crippen LogP contribution >= 0.6 is 12.4 Å². The van der Waals surface area contributed by atoms with E-state index in [9.17, 15) is 4.79 Å². The zero-order chi connectivity index (χ0) is 15.5. The number of hydrogen-bond acceptors (Lipinski definition) is 3. The number of carbonyl (C=O) groups excluding carboxylic acids is 1. The Kier molecular flexibility index (Phi) is 6.08. The van der Waals surface area contributed by atoms with Gasteiger partial charge in [-0.05, 0) is 56.5 Å². The van der Waals surface area contributed by atoms with Crippen LogP contribution in [-0.4, -0.2) is 43.1 Å². The first-order valence-corrected chi connectivity index (χ1v) is 8.00. The molecule has 2 unspecified atom stereocenters. The number of nitrogens with zero attached hydrogens (tertiary/aromatic N) is 1. The van der Waals surface area contributed by atoms with Crippen LogP contribution in [0.25, 0.3) is 6.08 Å². The Bertz CT molecular complexity index is 545. The van der Waals surface area contributed by atoms with Crippen molar-refractivity contribution in [1.82, 2.24) is 10.2 Å². The van der Waals surface area contributed by atoms with Crippen LogP contribution in [0.4, 0.5) is 0 Å². The van der Waals surface area contributed by atoms with Crippen molar-refractivity contribution in [2.75, 3.05) is 14.2 Å². The second-order valence-corrected chi connectivity index (χ2v) is 6.33. The fourth-order valence-electron chi connectivity index (χ4n) is 3.67. The normalized spacial score (nSPS) is 26.8. The molecule has 2 heterocycles. The maximum Gasteiger partial charge on any atom is 0.244 e. The molecular formula is C18H25ClN2O2. The van der Waals surface area contributed by atoms with Gasteiger partial charge in [0, 0.05) is 24.2 Å². The first-order chi connectivity index (χ1) is 10.7. The summed E-state index contributed by atoms with van der Waals surface area (Å²) < 4.78 is 5.12. The molecule has 126 valence electrons. The monoisotopic (exact) mass is 336 g/mol. The van der Waals surface area contributed by atoms with Gasteiger partial charge in [-0.3, -0.25) is 4.79 Å². The average molecular weight is 337 g/mol. The molecule has 2 aliphatic rings. The van der Waals surface area contributed by atoms with E-state index in [1.165, 1.54) is 12.8 Å². The van der Waals surface area contributed by atoms with E-state index >= 15 is 0 Å². The van der Waals surface area contributed by atoms with Crippen molar-refractivity contribution in [3.05, 3.63) is 35.9 Å². The number of carbonyl (C=O) groups is 1. The third-order valence-corrected chi connectivity index (χ3v) is 4.99. The zero-order valence-corrected chi connectivity index (χ0v) is 14.5. The van der Waals surface area contributed by atoms with E-state index in [0.717, 1.165) is 24.2 Å². The van der Waals surface area contributed by atoms with Crippen LogP contribution in [0.3, 0.4) is 0 Å². The molecular weight excluding hydrogens is 312 g/mol. The highest BCUT2D eigenvalue weighted by Crippen LogP contribution is 2.34. The minimum atomic E-state index is 0. The minimum absolute atomic E-state index is 0. The lowest BCUT2D eigenvalue weighted by atomic mass is 9.98. The Hall–Kier alpha value is -1.52. The van der Waals surface area contributed by atoms with Gasteiger partial charge in [0.15, 0.2) is 0 Å². The van der Waals surface area contributed by atoms with Gasteiger partial charge in [0.2, 0.25) is 5.91 Å². The predicted molar refractivity (Wildman–Crippen MR) is 95.0 cm³/mol. The summed E-state index contributed by atoms with van der Waals surface area (Å²) in [5, 5.41) is 3.16. The van der Waals surface area contributed by atoms with Crippen molar-refractivity contribution in [2.45, 2.75) is 43.8 Å². The first kappa shape index (κ1) is 17.8. The fraction of sp³-hybridized carbons (Fsp3) is 0.500. The first-order valence-electron chi connectivity index (χ1n) is 8.00. The molecule has 2 aliphatic heterocycles. The largest absolute Gasteiger partial charge is 0.497 e. The van der Waals surface area contributed by atoms with E-state index in [-0.39, 0.29) is 18.3 Å². The van der Waals surface area contributed by atoms with Crippen molar-refractivity contribution in [1.29, 1.82) is 0 Å². The summed E-state index contributed by atoms with van der Waals surface area (Å²) in [5.74, 6) is 0.827. The van der Waals surface area contributed by atoms with E-state index in [0.29, 0.717) is 18.1 Å². The topological polar surface area (TPSA) is 41.6 Å². The van der Waals surface area contributed by atoms with Crippen molar-refractivity contribution in [2.24, 2.45) is 0 Å². The van der Waals surface area contributed by atoms with Crippen molar-refractivity contribution in [3.8, 4) is 5.75 Å². The fourth-order valence-corrected chi connectivity index (χ4v) is 3.67. The second kappa shape index (κ2) is 7.84. The number of methoxy groups -OCH3 is 1. The number of benzene rings is 1. The third kappa shape index (κ3) is 4.27. The molecule has 23 heavy (non-hydrogen) atoms. The van der Waals surface area contributed by atoms with Crippen LogP contribution < -0.4 is 10.1 Å². The number of hydrogen-bond donors (Lipinski definition) is 1. The van der Waals surface area contributed by atoms with Gasteiger partial charge in [0.1, 0.15) is 5.75 Å². The summed E-state index contributed by atoms with van der Waals surface area (Å²) in [6, 6.07) is 9.29. The van der Waals surface area contributed by atoms with Crippen LogP contribution in [0, 0.1) is 0 Å². The highest BCUT2D eigenvalue weighted by atomic mass is 35.5. The Morgan fingerprint density at radius 1 is 1.22 bits per heavy atom. The van der Waals surface area contributed by atoms with Crippen molar-refractivity contribution < 1.29 is 9.53 Å². The SMILES string of the molecule is COc1ccc(/C=C/C(=O)NC2CC3CCC(C2)N3C)cc1.Cl. The number of piperidine rings is 1. The van der Waals surface area contributed by atoms with E-state index in [1.807, 2.05) is 30.3 Å². The van der Waals surface area contributed by atoms with Crippen LogP contribution in [0.15, 0.2) is 30.3 Å². The second-order valence-electron chi connectivity index (χ2n) is 6.33. The quantitative estimate of drug-likeness (QED) is 0.860. The maximum absolute atomic E-state index is 12.1. The molecule has 0 saturated carbocycles. The van der Waals surface area contributed by atoms with Gasteiger partial charge >= 0.3 is 0 Å². The molecule has 1 amide bonds. The molecule has 2 saturated heterocycles. The van der Waals surface area contributed by atoms with Crippen LogP contribution in [0.1, 0.15) is 31.2 Å². The maximum atomic E-state index is 12.1. The van der Waals surface area contributed by atoms with Gasteiger partial charge in [-0.2, -0.15) is 0 Å². The van der Waals surface area contributed by atoms with Gasteiger partial charge in [-0.15, -0.1) is 12.4 Å². The lowest BCUT2D eigenvalue weighted by molar-refractivity contribution is -0.117.